The summed E-state index contributed by atoms with van der Waals surface area (Å²) in [6, 6.07) is 39.7. The van der Waals surface area contributed by atoms with Crippen LogP contribution in [0.15, 0.2) is 138 Å². The summed E-state index contributed by atoms with van der Waals surface area (Å²) in [5.41, 5.74) is 4.68. The number of fused-ring (bicyclic) bond motifs is 3. The van der Waals surface area contributed by atoms with Crippen molar-refractivity contribution < 1.29 is 14.4 Å². The molecule has 1 aromatic heterocycles. The molecule has 0 aliphatic heterocycles. The molecule has 1 unspecified atom stereocenters. The van der Waals surface area contributed by atoms with E-state index in [0.717, 1.165) is 37.8 Å². The normalized spacial score (nSPS) is 12.2. The molecule has 0 aliphatic rings. The van der Waals surface area contributed by atoms with Gasteiger partial charge in [-0.1, -0.05) is 90.5 Å². The Balaban J connectivity index is 1.22. The predicted octanol–water partition coefficient (Wildman–Crippen LogP) is 8.33. The molecule has 5 aromatic carbocycles. The molecule has 0 bridgehead atoms. The molecular weight excluding hydrogens is 579 g/mol. The van der Waals surface area contributed by atoms with Crippen molar-refractivity contribution in [3.8, 4) is 0 Å². The van der Waals surface area contributed by atoms with Crippen molar-refractivity contribution in [2.45, 2.75) is 24.0 Å². The lowest BCUT2D eigenvalue weighted by Crippen LogP contribution is -2.30. The van der Waals surface area contributed by atoms with Crippen LogP contribution in [0.25, 0.3) is 27.9 Å². The van der Waals surface area contributed by atoms with E-state index in [1.165, 1.54) is 11.8 Å². The minimum atomic E-state index is -0.461. The third-order valence-corrected chi connectivity index (χ3v) is 8.52. The average molecular weight is 610 g/mol. The third kappa shape index (κ3) is 6.59. The summed E-state index contributed by atoms with van der Waals surface area (Å²) in [5.74, 6) is -0.873. The first-order chi connectivity index (χ1) is 21.9. The number of nitrogens with zero attached hydrogens (tertiary/aromatic N) is 1. The van der Waals surface area contributed by atoms with Crippen LogP contribution in [0.4, 0.5) is 5.69 Å². The van der Waals surface area contributed by atoms with Crippen LogP contribution in [0.2, 0.25) is 0 Å². The molecule has 0 fully saturated rings. The van der Waals surface area contributed by atoms with Gasteiger partial charge in [-0.15, -0.1) is 11.8 Å². The maximum absolute atomic E-state index is 13.8. The Morgan fingerprint density at radius 1 is 0.733 bits per heavy atom. The van der Waals surface area contributed by atoms with Gasteiger partial charge in [0.15, 0.2) is 0 Å². The van der Waals surface area contributed by atoms with Gasteiger partial charge in [0, 0.05) is 26.9 Å². The molecule has 0 saturated carbocycles. The molecule has 6 nitrogen and oxygen atoms in total. The van der Waals surface area contributed by atoms with E-state index < -0.39 is 11.2 Å². The van der Waals surface area contributed by atoms with E-state index in [4.69, 9.17) is 0 Å². The Morgan fingerprint density at radius 2 is 1.38 bits per heavy atom. The van der Waals surface area contributed by atoms with Gasteiger partial charge in [-0.3, -0.25) is 19.0 Å². The van der Waals surface area contributed by atoms with Crippen LogP contribution in [-0.4, -0.2) is 27.5 Å². The highest BCUT2D eigenvalue weighted by Crippen LogP contribution is 2.32. The molecule has 6 aromatic rings. The molecule has 0 spiro atoms. The van der Waals surface area contributed by atoms with Gasteiger partial charge < -0.3 is 10.6 Å². The first-order valence-electron chi connectivity index (χ1n) is 14.6. The molecular formula is C38H31N3O3S. The summed E-state index contributed by atoms with van der Waals surface area (Å²) in [5, 5.41) is 7.39. The van der Waals surface area contributed by atoms with E-state index in [0.29, 0.717) is 11.3 Å². The Kier molecular flexibility index (Phi) is 8.62. The number of aryl methyl sites for hydroxylation is 1. The molecule has 45 heavy (non-hydrogen) atoms. The molecule has 2 amide bonds. The lowest BCUT2D eigenvalue weighted by Gasteiger charge is -2.15. The molecule has 1 heterocycles. The SMILES string of the molecule is Cc1cccc(/C=C(/NC(=O)c2ccccc2)C(=O)Nc2cccc(SC(C)C(=O)n3c4ccccc4c4ccccc43)c2)c1. The number of aromatic nitrogens is 1. The zero-order valence-corrected chi connectivity index (χ0v) is 25.7. The summed E-state index contributed by atoms with van der Waals surface area (Å²) < 4.78 is 1.80. The monoisotopic (exact) mass is 609 g/mol. The van der Waals surface area contributed by atoms with E-state index in [-0.39, 0.29) is 17.5 Å². The topological polar surface area (TPSA) is 80.2 Å². The van der Waals surface area contributed by atoms with Crippen LogP contribution in [0.1, 0.15) is 33.2 Å². The van der Waals surface area contributed by atoms with Gasteiger partial charge in [0.1, 0.15) is 5.70 Å². The number of carbonyl (C=O) groups excluding carboxylic acids is 3. The van der Waals surface area contributed by atoms with Gasteiger partial charge in [-0.25, -0.2) is 0 Å². The fraction of sp³-hybridized carbons (Fsp3) is 0.0789. The minimum absolute atomic E-state index is 0.0289. The molecule has 0 radical (unpaired) electrons. The smallest absolute Gasteiger partial charge is 0.272 e. The lowest BCUT2D eigenvalue weighted by atomic mass is 10.1. The van der Waals surface area contributed by atoms with Gasteiger partial charge in [0.05, 0.1) is 16.3 Å². The number of benzene rings is 5. The van der Waals surface area contributed by atoms with Gasteiger partial charge in [0.25, 0.3) is 11.8 Å². The zero-order chi connectivity index (χ0) is 31.3. The Bertz CT molecular complexity index is 2030. The first-order valence-corrected chi connectivity index (χ1v) is 15.5. The van der Waals surface area contributed by atoms with Crippen molar-refractivity contribution in [3.63, 3.8) is 0 Å². The molecule has 222 valence electrons. The fourth-order valence-corrected chi connectivity index (χ4v) is 6.28. The quantitative estimate of drug-likeness (QED) is 0.134. The maximum Gasteiger partial charge on any atom is 0.272 e. The minimum Gasteiger partial charge on any atom is -0.321 e. The Hall–Kier alpha value is -5.40. The van der Waals surface area contributed by atoms with Gasteiger partial charge in [0.2, 0.25) is 5.91 Å². The second-order valence-electron chi connectivity index (χ2n) is 10.7. The van der Waals surface area contributed by atoms with Crippen LogP contribution in [0, 0.1) is 6.92 Å². The highest BCUT2D eigenvalue weighted by molar-refractivity contribution is 8.00. The van der Waals surface area contributed by atoms with Crippen molar-refractivity contribution in [2.75, 3.05) is 5.32 Å². The number of rotatable bonds is 8. The van der Waals surface area contributed by atoms with Crippen LogP contribution >= 0.6 is 11.8 Å². The molecule has 0 saturated heterocycles. The van der Waals surface area contributed by atoms with Gasteiger partial charge in [-0.2, -0.15) is 0 Å². The highest BCUT2D eigenvalue weighted by atomic mass is 32.2. The van der Waals surface area contributed by atoms with E-state index in [1.807, 2.05) is 111 Å². The molecule has 1 atom stereocenters. The van der Waals surface area contributed by atoms with Crippen LogP contribution in [0.3, 0.4) is 0 Å². The van der Waals surface area contributed by atoms with E-state index in [2.05, 4.69) is 10.6 Å². The highest BCUT2D eigenvalue weighted by Gasteiger charge is 2.22. The molecule has 2 N–H and O–H groups in total. The van der Waals surface area contributed by atoms with Gasteiger partial charge >= 0.3 is 0 Å². The van der Waals surface area contributed by atoms with Gasteiger partial charge in [-0.05, 0) is 68.0 Å². The number of carbonyl (C=O) groups is 3. The number of para-hydroxylation sites is 2. The van der Waals surface area contributed by atoms with Crippen molar-refractivity contribution in [1.82, 2.24) is 9.88 Å². The third-order valence-electron chi connectivity index (χ3n) is 7.43. The van der Waals surface area contributed by atoms with Crippen LogP contribution in [0.5, 0.6) is 0 Å². The lowest BCUT2D eigenvalue weighted by molar-refractivity contribution is -0.113. The van der Waals surface area contributed by atoms with Crippen LogP contribution < -0.4 is 10.6 Å². The fourth-order valence-electron chi connectivity index (χ4n) is 5.31. The summed E-state index contributed by atoms with van der Waals surface area (Å²) in [6.45, 7) is 3.86. The largest absolute Gasteiger partial charge is 0.321 e. The number of nitrogens with one attached hydrogen (secondary N) is 2. The molecule has 0 aliphatic carbocycles. The maximum atomic E-state index is 13.8. The Morgan fingerprint density at radius 3 is 2.07 bits per heavy atom. The van der Waals surface area contributed by atoms with E-state index in [9.17, 15) is 14.4 Å². The summed E-state index contributed by atoms with van der Waals surface area (Å²) in [7, 11) is 0. The molecule has 6 rings (SSSR count). The van der Waals surface area contributed by atoms with Crippen molar-refractivity contribution >= 4 is 63.1 Å². The number of thioether (sulfide) groups is 1. The molecule has 7 heteroatoms. The number of amides is 2. The van der Waals surface area contributed by atoms with Crippen molar-refractivity contribution in [1.29, 1.82) is 0 Å². The second kappa shape index (κ2) is 13.1. The Labute approximate surface area is 265 Å². The van der Waals surface area contributed by atoms with E-state index >= 15 is 0 Å². The summed E-state index contributed by atoms with van der Waals surface area (Å²) in [4.78, 5) is 41.2. The number of hydrogen-bond acceptors (Lipinski definition) is 4. The second-order valence-corrected chi connectivity index (χ2v) is 12.2. The first kappa shape index (κ1) is 29.7. The van der Waals surface area contributed by atoms with Crippen LogP contribution in [-0.2, 0) is 4.79 Å². The predicted molar refractivity (Wildman–Crippen MR) is 184 cm³/mol. The van der Waals surface area contributed by atoms with E-state index in [1.54, 1.807) is 41.0 Å². The summed E-state index contributed by atoms with van der Waals surface area (Å²) in [6.07, 6.45) is 1.66. The standard InChI is InChI=1S/C38H31N3O3S/c1-25-12-10-13-27(22-25)23-33(40-36(42)28-14-4-3-5-15-28)37(43)39-29-16-11-17-30(24-29)45-26(2)38(44)41-34-20-8-6-18-31(34)32-19-7-9-21-35(32)41/h3-24,26H,1-2H3,(H,39,43)(H,40,42)/b33-23+. The van der Waals surface area contributed by atoms with Crippen molar-refractivity contribution in [2.24, 2.45) is 0 Å². The average Bonchev–Trinajstić information content (AvgIpc) is 3.39. The number of anilines is 1. The van der Waals surface area contributed by atoms with Crippen molar-refractivity contribution in [3.05, 3.63) is 150 Å². The summed E-state index contributed by atoms with van der Waals surface area (Å²) >= 11 is 1.42. The number of hydrogen-bond donors (Lipinski definition) is 2. The zero-order valence-electron chi connectivity index (χ0n) is 24.9.